The lowest BCUT2D eigenvalue weighted by Gasteiger charge is -2.08. The molecule has 0 fully saturated rings. The van der Waals surface area contributed by atoms with Gasteiger partial charge in [0.1, 0.15) is 23.9 Å². The van der Waals surface area contributed by atoms with E-state index in [1.165, 1.54) is 30.5 Å². The monoisotopic (exact) mass is 540 g/mol. The predicted octanol–water partition coefficient (Wildman–Crippen LogP) is 4.51. The van der Waals surface area contributed by atoms with Gasteiger partial charge >= 0.3 is 11.8 Å². The van der Waals surface area contributed by atoms with Crippen molar-refractivity contribution in [3.63, 3.8) is 0 Å². The smallest absolute Gasteiger partial charge is 0.329 e. The van der Waals surface area contributed by atoms with Gasteiger partial charge < -0.3 is 20.1 Å². The molecule has 202 valence electrons. The van der Waals surface area contributed by atoms with Crippen molar-refractivity contribution in [1.82, 2.24) is 5.43 Å². The number of amides is 3. The lowest BCUT2D eigenvalue weighted by molar-refractivity contribution is -0.136. The zero-order valence-electron chi connectivity index (χ0n) is 21.2. The second-order valence-electron chi connectivity index (χ2n) is 8.36. The summed E-state index contributed by atoms with van der Waals surface area (Å²) < 4.78 is 24.1. The Balaban J connectivity index is 1.17. The highest BCUT2D eigenvalue weighted by atomic mass is 19.1. The van der Waals surface area contributed by atoms with Crippen LogP contribution < -0.4 is 25.5 Å². The van der Waals surface area contributed by atoms with Crippen molar-refractivity contribution < 1.29 is 28.2 Å². The molecule has 0 aliphatic rings. The highest BCUT2D eigenvalue weighted by Crippen LogP contribution is 2.17. The summed E-state index contributed by atoms with van der Waals surface area (Å²) >= 11 is 0. The number of nitrogens with zero attached hydrogens (tertiary/aromatic N) is 1. The van der Waals surface area contributed by atoms with Gasteiger partial charge in [-0.05, 0) is 83.9 Å². The highest BCUT2D eigenvalue weighted by molar-refractivity contribution is 6.39. The van der Waals surface area contributed by atoms with Gasteiger partial charge in [-0.3, -0.25) is 14.4 Å². The first-order valence-corrected chi connectivity index (χ1v) is 12.1. The molecule has 0 bridgehead atoms. The molecule has 0 saturated heterocycles. The van der Waals surface area contributed by atoms with Gasteiger partial charge in [0.15, 0.2) is 6.61 Å². The third-order valence-corrected chi connectivity index (χ3v) is 5.32. The van der Waals surface area contributed by atoms with Gasteiger partial charge in [0, 0.05) is 11.4 Å². The van der Waals surface area contributed by atoms with Gasteiger partial charge in [-0.2, -0.15) is 5.10 Å². The Hall–Kier alpha value is -5.51. The largest absolute Gasteiger partial charge is 0.489 e. The van der Waals surface area contributed by atoms with Gasteiger partial charge in [-0.25, -0.2) is 9.82 Å². The number of rotatable bonds is 10. The van der Waals surface area contributed by atoms with Crippen LogP contribution in [0, 0.1) is 5.82 Å². The minimum atomic E-state index is -0.937. The summed E-state index contributed by atoms with van der Waals surface area (Å²) in [5.74, 6) is -1.55. The van der Waals surface area contributed by atoms with E-state index in [0.717, 1.165) is 5.56 Å². The molecule has 4 aromatic carbocycles. The van der Waals surface area contributed by atoms with Crippen LogP contribution in [-0.4, -0.2) is 30.5 Å². The Bertz CT molecular complexity index is 1460. The summed E-state index contributed by atoms with van der Waals surface area (Å²) in [6.45, 7) is 0.179. The van der Waals surface area contributed by atoms with Crippen molar-refractivity contribution in [2.24, 2.45) is 5.10 Å². The van der Waals surface area contributed by atoms with E-state index in [9.17, 15) is 18.8 Å². The molecular formula is C30H25FN4O5. The predicted molar refractivity (Wildman–Crippen MR) is 149 cm³/mol. The maximum atomic E-state index is 12.9. The number of anilines is 2. The molecule has 3 N–H and O–H groups in total. The number of hydrogen-bond donors (Lipinski definition) is 3. The van der Waals surface area contributed by atoms with E-state index < -0.39 is 23.5 Å². The van der Waals surface area contributed by atoms with Gasteiger partial charge in [0.05, 0.1) is 6.21 Å². The molecule has 40 heavy (non-hydrogen) atoms. The average molecular weight is 541 g/mol. The first-order valence-electron chi connectivity index (χ1n) is 12.1. The Morgan fingerprint density at radius 2 is 1.30 bits per heavy atom. The molecule has 9 nitrogen and oxygen atoms in total. The quantitative estimate of drug-likeness (QED) is 0.155. The highest BCUT2D eigenvalue weighted by Gasteiger charge is 2.13. The SMILES string of the molecule is O=C(COc1ccc(C=NNC(=O)C(=O)Nc2ccc(OCc3ccccc3)cc2)cc1)Nc1ccc(F)cc1. The summed E-state index contributed by atoms with van der Waals surface area (Å²) in [4.78, 5) is 36.2. The summed E-state index contributed by atoms with van der Waals surface area (Å²) in [6, 6.07) is 28.3. The van der Waals surface area contributed by atoms with Crippen molar-refractivity contribution in [2.45, 2.75) is 6.61 Å². The molecule has 0 atom stereocenters. The van der Waals surface area contributed by atoms with Crippen LogP contribution >= 0.6 is 0 Å². The van der Waals surface area contributed by atoms with Crippen molar-refractivity contribution in [3.05, 3.63) is 120 Å². The fourth-order valence-corrected chi connectivity index (χ4v) is 3.31. The van der Waals surface area contributed by atoms with E-state index >= 15 is 0 Å². The number of nitrogens with one attached hydrogen (secondary N) is 3. The Labute approximate surface area is 229 Å². The van der Waals surface area contributed by atoms with Crippen LogP contribution in [0.5, 0.6) is 11.5 Å². The van der Waals surface area contributed by atoms with Gasteiger partial charge in [0.2, 0.25) is 0 Å². The molecule has 0 radical (unpaired) electrons. The lowest BCUT2D eigenvalue weighted by atomic mass is 10.2. The van der Waals surface area contributed by atoms with E-state index in [2.05, 4.69) is 21.2 Å². The van der Waals surface area contributed by atoms with Crippen molar-refractivity contribution in [2.75, 3.05) is 17.2 Å². The summed E-state index contributed by atoms with van der Waals surface area (Å²) in [6.07, 6.45) is 1.36. The fourth-order valence-electron chi connectivity index (χ4n) is 3.31. The van der Waals surface area contributed by atoms with Crippen LogP contribution in [-0.2, 0) is 21.0 Å². The lowest BCUT2D eigenvalue weighted by Crippen LogP contribution is -2.32. The van der Waals surface area contributed by atoms with E-state index in [4.69, 9.17) is 9.47 Å². The normalized spacial score (nSPS) is 10.5. The van der Waals surface area contributed by atoms with Crippen molar-refractivity contribution in [1.29, 1.82) is 0 Å². The molecule has 0 heterocycles. The minimum Gasteiger partial charge on any atom is -0.489 e. The van der Waals surface area contributed by atoms with Crippen LogP contribution in [0.1, 0.15) is 11.1 Å². The van der Waals surface area contributed by atoms with Gasteiger partial charge in [0.25, 0.3) is 5.91 Å². The second kappa shape index (κ2) is 13.9. The number of hydrazone groups is 1. The number of benzene rings is 4. The maximum absolute atomic E-state index is 12.9. The zero-order valence-corrected chi connectivity index (χ0v) is 21.2. The van der Waals surface area contributed by atoms with Crippen LogP contribution in [0.4, 0.5) is 15.8 Å². The van der Waals surface area contributed by atoms with Crippen LogP contribution in [0.25, 0.3) is 0 Å². The molecular weight excluding hydrogens is 515 g/mol. The molecule has 0 aliphatic carbocycles. The number of ether oxygens (including phenoxy) is 2. The zero-order chi connectivity index (χ0) is 28.2. The molecule has 10 heteroatoms. The maximum Gasteiger partial charge on any atom is 0.329 e. The third-order valence-electron chi connectivity index (χ3n) is 5.32. The molecule has 4 rings (SSSR count). The Morgan fingerprint density at radius 1 is 0.700 bits per heavy atom. The molecule has 0 unspecified atom stereocenters. The van der Waals surface area contributed by atoms with Crippen LogP contribution in [0.15, 0.2) is 108 Å². The summed E-state index contributed by atoms with van der Waals surface area (Å²) in [5, 5.41) is 8.88. The van der Waals surface area contributed by atoms with E-state index in [-0.39, 0.29) is 6.61 Å². The fraction of sp³-hybridized carbons (Fsp3) is 0.0667. The van der Waals surface area contributed by atoms with Crippen LogP contribution in [0.2, 0.25) is 0 Å². The van der Waals surface area contributed by atoms with E-state index in [1.54, 1.807) is 48.5 Å². The third kappa shape index (κ3) is 8.80. The molecule has 0 saturated carbocycles. The van der Waals surface area contributed by atoms with Gasteiger partial charge in [-0.15, -0.1) is 0 Å². The first-order chi connectivity index (χ1) is 19.4. The summed E-state index contributed by atoms with van der Waals surface area (Å²) in [5.41, 5.74) is 4.71. The van der Waals surface area contributed by atoms with Crippen molar-refractivity contribution >= 4 is 35.3 Å². The number of halogens is 1. The Kier molecular flexibility index (Phi) is 9.54. The number of carbonyl (C=O) groups excluding carboxylic acids is 3. The topological polar surface area (TPSA) is 118 Å². The number of carbonyl (C=O) groups is 3. The molecule has 0 spiro atoms. The molecule has 4 aromatic rings. The van der Waals surface area contributed by atoms with E-state index in [1.807, 2.05) is 30.3 Å². The van der Waals surface area contributed by atoms with E-state index in [0.29, 0.717) is 35.0 Å². The standard InChI is InChI=1S/C30H25FN4O5/c31-23-8-10-24(11-9-23)33-28(36)20-40-26-14-6-21(7-15-26)18-32-35-30(38)29(37)34-25-12-16-27(17-13-25)39-19-22-4-2-1-3-5-22/h1-18H,19-20H2,(H,33,36)(H,34,37)(H,35,38). The average Bonchev–Trinajstić information content (AvgIpc) is 2.98. The van der Waals surface area contributed by atoms with Crippen LogP contribution in [0.3, 0.4) is 0 Å². The number of hydrogen-bond acceptors (Lipinski definition) is 6. The first kappa shape index (κ1) is 27.5. The minimum absolute atomic E-state index is 0.237. The molecule has 0 aromatic heterocycles. The second-order valence-corrected chi connectivity index (χ2v) is 8.36. The molecule has 0 aliphatic heterocycles. The molecule has 3 amide bonds. The summed E-state index contributed by atoms with van der Waals surface area (Å²) in [7, 11) is 0. The van der Waals surface area contributed by atoms with Gasteiger partial charge in [-0.1, -0.05) is 30.3 Å². The van der Waals surface area contributed by atoms with Crippen molar-refractivity contribution in [3.8, 4) is 11.5 Å². The Morgan fingerprint density at radius 3 is 2.00 bits per heavy atom.